The molecule has 2 amide bonds. The number of hydrogen-bond donors (Lipinski definition) is 2. The first kappa shape index (κ1) is 18.4. The van der Waals surface area contributed by atoms with Crippen molar-refractivity contribution in [1.29, 1.82) is 0 Å². The van der Waals surface area contributed by atoms with Crippen LogP contribution in [0.2, 0.25) is 0 Å². The van der Waals surface area contributed by atoms with E-state index in [4.69, 9.17) is 10.5 Å². The maximum absolute atomic E-state index is 12.2. The van der Waals surface area contributed by atoms with Gasteiger partial charge >= 0.3 is 0 Å². The smallest absolute Gasteiger partial charge is 0.246 e. The predicted octanol–water partition coefficient (Wildman–Crippen LogP) is 0.478. The van der Waals surface area contributed by atoms with E-state index in [9.17, 15) is 9.59 Å². The molecule has 1 aromatic carbocycles. The highest BCUT2D eigenvalue weighted by molar-refractivity contribution is 5.98. The molecule has 1 heterocycles. The van der Waals surface area contributed by atoms with Gasteiger partial charge in [-0.2, -0.15) is 0 Å². The van der Waals surface area contributed by atoms with Gasteiger partial charge in [-0.15, -0.1) is 12.4 Å². The number of carbonyl (C=O) groups is 2. The highest BCUT2D eigenvalue weighted by Crippen LogP contribution is 2.27. The van der Waals surface area contributed by atoms with Gasteiger partial charge in [-0.3, -0.25) is 9.59 Å². The molecular formula is C15H22ClN3O3. The van der Waals surface area contributed by atoms with Crippen LogP contribution in [0.25, 0.3) is 0 Å². The zero-order valence-corrected chi connectivity index (χ0v) is 13.4. The lowest BCUT2D eigenvalue weighted by Crippen LogP contribution is -2.41. The average molecular weight is 328 g/mol. The summed E-state index contributed by atoms with van der Waals surface area (Å²) in [6.45, 7) is 0.934. The van der Waals surface area contributed by atoms with Gasteiger partial charge < -0.3 is 20.7 Å². The van der Waals surface area contributed by atoms with Crippen molar-refractivity contribution in [1.82, 2.24) is 5.32 Å². The standard InChI is InChI=1S/C15H21N3O3.ClH/c1-21-12(9-16)8-14(19)17-10-15(20)18-7-6-11-4-2-3-5-13(11)18;/h2-5,12H,6-10,16H2,1H3,(H,17,19);1H. The number of halogens is 1. The Labute approximate surface area is 136 Å². The largest absolute Gasteiger partial charge is 0.380 e. The molecule has 0 saturated carbocycles. The highest BCUT2D eigenvalue weighted by atomic mass is 35.5. The number of ether oxygens (including phenoxy) is 1. The van der Waals surface area contributed by atoms with E-state index in [-0.39, 0.29) is 49.8 Å². The Kier molecular flexibility index (Phi) is 7.31. The Balaban J connectivity index is 0.00000242. The predicted molar refractivity (Wildman–Crippen MR) is 87.2 cm³/mol. The molecule has 0 bridgehead atoms. The molecular weight excluding hydrogens is 306 g/mol. The van der Waals surface area contributed by atoms with E-state index in [0.717, 1.165) is 12.1 Å². The zero-order chi connectivity index (χ0) is 15.2. The van der Waals surface area contributed by atoms with Gasteiger partial charge in [0.1, 0.15) is 0 Å². The number of methoxy groups -OCH3 is 1. The average Bonchev–Trinajstić information content (AvgIpc) is 2.94. The number of carbonyl (C=O) groups excluding carboxylic acids is 2. The van der Waals surface area contributed by atoms with E-state index in [1.54, 1.807) is 4.90 Å². The van der Waals surface area contributed by atoms with E-state index in [1.165, 1.54) is 12.7 Å². The van der Waals surface area contributed by atoms with Crippen LogP contribution in [-0.4, -0.2) is 44.7 Å². The highest BCUT2D eigenvalue weighted by Gasteiger charge is 2.24. The minimum absolute atomic E-state index is 0. The molecule has 0 radical (unpaired) electrons. The molecule has 2 rings (SSSR count). The number of amides is 2. The van der Waals surface area contributed by atoms with Crippen molar-refractivity contribution < 1.29 is 14.3 Å². The number of hydrogen-bond acceptors (Lipinski definition) is 4. The van der Waals surface area contributed by atoms with E-state index < -0.39 is 0 Å². The molecule has 0 fully saturated rings. The van der Waals surface area contributed by atoms with Crippen LogP contribution in [-0.2, 0) is 20.7 Å². The number of anilines is 1. The first-order chi connectivity index (χ1) is 10.2. The summed E-state index contributed by atoms with van der Waals surface area (Å²) in [6, 6.07) is 7.82. The van der Waals surface area contributed by atoms with Crippen molar-refractivity contribution in [3.63, 3.8) is 0 Å². The molecule has 1 aliphatic heterocycles. The van der Waals surface area contributed by atoms with Crippen molar-refractivity contribution in [3.8, 4) is 0 Å². The third-order valence-electron chi connectivity index (χ3n) is 3.63. The SMILES string of the molecule is COC(CN)CC(=O)NCC(=O)N1CCc2ccccc21.Cl. The van der Waals surface area contributed by atoms with Crippen molar-refractivity contribution in [2.75, 3.05) is 31.6 Å². The molecule has 7 heteroatoms. The maximum atomic E-state index is 12.2. The van der Waals surface area contributed by atoms with Crippen LogP contribution in [0.1, 0.15) is 12.0 Å². The van der Waals surface area contributed by atoms with Crippen LogP contribution in [0.4, 0.5) is 5.69 Å². The molecule has 0 aromatic heterocycles. The first-order valence-electron chi connectivity index (χ1n) is 7.03. The van der Waals surface area contributed by atoms with Gasteiger partial charge in [-0.05, 0) is 18.1 Å². The lowest BCUT2D eigenvalue weighted by molar-refractivity contribution is -0.126. The van der Waals surface area contributed by atoms with Gasteiger partial charge in [0.25, 0.3) is 0 Å². The van der Waals surface area contributed by atoms with Crippen LogP contribution >= 0.6 is 12.4 Å². The summed E-state index contributed by atoms with van der Waals surface area (Å²) < 4.78 is 5.04. The molecule has 122 valence electrons. The van der Waals surface area contributed by atoms with Crippen LogP contribution in [0, 0.1) is 0 Å². The minimum atomic E-state index is -0.312. The van der Waals surface area contributed by atoms with Gasteiger partial charge in [-0.25, -0.2) is 0 Å². The molecule has 0 spiro atoms. The van der Waals surface area contributed by atoms with E-state index >= 15 is 0 Å². The fourth-order valence-corrected chi connectivity index (χ4v) is 2.41. The van der Waals surface area contributed by atoms with E-state index in [1.807, 2.05) is 24.3 Å². The molecule has 1 atom stereocenters. The summed E-state index contributed by atoms with van der Waals surface area (Å²) in [5.74, 6) is -0.330. The van der Waals surface area contributed by atoms with Gasteiger partial charge in [0.15, 0.2) is 0 Å². The molecule has 0 saturated heterocycles. The van der Waals surface area contributed by atoms with Gasteiger partial charge in [0, 0.05) is 25.9 Å². The Morgan fingerprint density at radius 2 is 2.14 bits per heavy atom. The second kappa shape index (κ2) is 8.73. The number of rotatable bonds is 6. The Hall–Kier alpha value is -1.63. The van der Waals surface area contributed by atoms with Gasteiger partial charge in [0.2, 0.25) is 11.8 Å². The lowest BCUT2D eigenvalue weighted by atomic mass is 10.2. The molecule has 22 heavy (non-hydrogen) atoms. The van der Waals surface area contributed by atoms with Gasteiger partial charge in [-0.1, -0.05) is 18.2 Å². The van der Waals surface area contributed by atoms with Crippen LogP contribution in [0.3, 0.4) is 0 Å². The zero-order valence-electron chi connectivity index (χ0n) is 12.6. The number of benzene rings is 1. The van der Waals surface area contributed by atoms with Crippen molar-refractivity contribution in [2.45, 2.75) is 18.9 Å². The Morgan fingerprint density at radius 1 is 1.41 bits per heavy atom. The maximum Gasteiger partial charge on any atom is 0.246 e. The summed E-state index contributed by atoms with van der Waals surface area (Å²) in [7, 11) is 1.51. The molecule has 0 aliphatic carbocycles. The topological polar surface area (TPSA) is 84.7 Å². The van der Waals surface area contributed by atoms with Crippen LogP contribution in [0.5, 0.6) is 0 Å². The molecule has 6 nitrogen and oxygen atoms in total. The summed E-state index contributed by atoms with van der Waals surface area (Å²) >= 11 is 0. The number of para-hydroxylation sites is 1. The summed E-state index contributed by atoms with van der Waals surface area (Å²) in [5, 5.41) is 2.62. The van der Waals surface area contributed by atoms with Crippen molar-refractivity contribution in [2.24, 2.45) is 5.73 Å². The van der Waals surface area contributed by atoms with Crippen LogP contribution in [0.15, 0.2) is 24.3 Å². The fourth-order valence-electron chi connectivity index (χ4n) is 2.41. The van der Waals surface area contributed by atoms with Gasteiger partial charge in [0.05, 0.1) is 19.1 Å². The summed E-state index contributed by atoms with van der Waals surface area (Å²) in [6.07, 6.45) is 0.707. The Morgan fingerprint density at radius 3 is 2.82 bits per heavy atom. The number of fused-ring (bicyclic) bond motifs is 1. The summed E-state index contributed by atoms with van der Waals surface area (Å²) in [5.41, 5.74) is 7.56. The monoisotopic (exact) mass is 327 g/mol. The van der Waals surface area contributed by atoms with Crippen LogP contribution < -0.4 is 16.0 Å². The third-order valence-corrected chi connectivity index (χ3v) is 3.63. The number of nitrogens with zero attached hydrogens (tertiary/aromatic N) is 1. The van der Waals surface area contributed by atoms with E-state index in [2.05, 4.69) is 5.32 Å². The quantitative estimate of drug-likeness (QED) is 0.796. The molecule has 1 aromatic rings. The molecule has 1 unspecified atom stereocenters. The van der Waals surface area contributed by atoms with Crippen molar-refractivity contribution >= 4 is 29.9 Å². The molecule has 1 aliphatic rings. The lowest BCUT2D eigenvalue weighted by Gasteiger charge is -2.18. The number of nitrogens with two attached hydrogens (primary N) is 1. The normalized spacial score (nSPS) is 14.0. The third kappa shape index (κ3) is 4.43. The Bertz CT molecular complexity index is 521. The minimum Gasteiger partial charge on any atom is -0.380 e. The second-order valence-corrected chi connectivity index (χ2v) is 5.00. The fraction of sp³-hybridized carbons (Fsp3) is 0.467. The molecule has 3 N–H and O–H groups in total. The summed E-state index contributed by atoms with van der Waals surface area (Å²) in [4.78, 5) is 25.6. The van der Waals surface area contributed by atoms with Crippen molar-refractivity contribution in [3.05, 3.63) is 29.8 Å². The van der Waals surface area contributed by atoms with E-state index in [0.29, 0.717) is 6.54 Å². The number of nitrogens with one attached hydrogen (secondary N) is 1. The second-order valence-electron chi connectivity index (χ2n) is 5.00. The first-order valence-corrected chi connectivity index (χ1v) is 7.03.